The van der Waals surface area contributed by atoms with E-state index >= 15 is 0 Å². The lowest BCUT2D eigenvalue weighted by Crippen LogP contribution is -2.15. The first-order chi connectivity index (χ1) is 9.51. The summed E-state index contributed by atoms with van der Waals surface area (Å²) in [5.74, 6) is -2.68. The fourth-order valence-electron chi connectivity index (χ4n) is 2.18. The van der Waals surface area contributed by atoms with Gasteiger partial charge >= 0.3 is 11.9 Å². The second-order valence-corrected chi connectivity index (χ2v) is 5.33. The van der Waals surface area contributed by atoms with E-state index in [2.05, 4.69) is 13.8 Å². The van der Waals surface area contributed by atoms with Gasteiger partial charge in [0.2, 0.25) is 0 Å². The molecule has 0 saturated carbocycles. The van der Waals surface area contributed by atoms with Crippen molar-refractivity contribution in [2.45, 2.75) is 65.2 Å². The average Bonchev–Trinajstić information content (AvgIpc) is 2.39. The Morgan fingerprint density at radius 1 is 0.950 bits per heavy atom. The second kappa shape index (κ2) is 11.5. The molecule has 0 aromatic rings. The lowest BCUT2D eigenvalue weighted by atomic mass is 9.93. The molecule has 0 heterocycles. The lowest BCUT2D eigenvalue weighted by Gasteiger charge is -2.13. The summed E-state index contributed by atoms with van der Waals surface area (Å²) >= 11 is 0. The van der Waals surface area contributed by atoms with Crippen LogP contribution in [-0.2, 0) is 9.59 Å². The van der Waals surface area contributed by atoms with Gasteiger partial charge in [-0.2, -0.15) is 0 Å². The van der Waals surface area contributed by atoms with Crippen molar-refractivity contribution in [3.63, 3.8) is 0 Å². The number of hydrogen-bond donors (Lipinski definition) is 2. The van der Waals surface area contributed by atoms with E-state index in [0.29, 0.717) is 5.92 Å². The van der Waals surface area contributed by atoms with Gasteiger partial charge < -0.3 is 10.2 Å². The van der Waals surface area contributed by atoms with Crippen molar-refractivity contribution in [2.75, 3.05) is 0 Å². The Kier molecular flexibility index (Phi) is 10.7. The molecule has 0 aromatic heterocycles. The van der Waals surface area contributed by atoms with Gasteiger partial charge in [-0.1, -0.05) is 58.1 Å². The maximum atomic E-state index is 11.0. The van der Waals surface area contributed by atoms with E-state index in [1.165, 1.54) is 12.8 Å². The van der Waals surface area contributed by atoms with Crippen molar-refractivity contribution in [3.05, 3.63) is 12.2 Å². The Hall–Kier alpha value is -1.32. The third-order valence-electron chi connectivity index (χ3n) is 3.43. The van der Waals surface area contributed by atoms with Gasteiger partial charge in [-0.25, -0.2) is 0 Å². The molecular formula is C16H28O4. The molecule has 0 amide bonds. The summed E-state index contributed by atoms with van der Waals surface area (Å²) in [5.41, 5.74) is 0. The van der Waals surface area contributed by atoms with Crippen LogP contribution in [0.3, 0.4) is 0 Å². The van der Waals surface area contributed by atoms with Crippen molar-refractivity contribution >= 4 is 11.9 Å². The third-order valence-corrected chi connectivity index (χ3v) is 3.43. The Bertz CT molecular complexity index is 310. The highest BCUT2D eigenvalue weighted by atomic mass is 16.4. The zero-order valence-electron chi connectivity index (χ0n) is 12.7. The monoisotopic (exact) mass is 284 g/mol. The zero-order valence-corrected chi connectivity index (χ0v) is 12.7. The highest BCUT2D eigenvalue weighted by Crippen LogP contribution is 2.20. The molecule has 0 rings (SSSR count). The van der Waals surface area contributed by atoms with Gasteiger partial charge in [-0.05, 0) is 18.8 Å². The number of carboxylic acid groups (broad SMARTS) is 2. The van der Waals surface area contributed by atoms with E-state index in [9.17, 15) is 9.59 Å². The van der Waals surface area contributed by atoms with E-state index in [1.807, 2.05) is 6.08 Å². The van der Waals surface area contributed by atoms with Crippen LogP contribution >= 0.6 is 0 Å². The van der Waals surface area contributed by atoms with E-state index < -0.39 is 17.9 Å². The first-order valence-electron chi connectivity index (χ1n) is 7.64. The van der Waals surface area contributed by atoms with Gasteiger partial charge in [0.25, 0.3) is 0 Å². The van der Waals surface area contributed by atoms with E-state index in [1.54, 1.807) is 6.08 Å². The van der Waals surface area contributed by atoms with Crippen LogP contribution in [0.25, 0.3) is 0 Å². The molecule has 0 aliphatic heterocycles. The minimum absolute atomic E-state index is 0.346. The maximum Gasteiger partial charge on any atom is 0.310 e. The van der Waals surface area contributed by atoms with E-state index in [0.717, 1.165) is 32.1 Å². The van der Waals surface area contributed by atoms with E-state index in [-0.39, 0.29) is 6.42 Å². The predicted octanol–water partition coefficient (Wildman–Crippen LogP) is 4.10. The predicted molar refractivity (Wildman–Crippen MR) is 79.7 cm³/mol. The molecule has 4 nitrogen and oxygen atoms in total. The summed E-state index contributed by atoms with van der Waals surface area (Å²) < 4.78 is 0. The topological polar surface area (TPSA) is 74.6 Å². The standard InChI is InChI=1S/C16H28O4/c1-3-5-7-9-13(8-6-4-2)10-11-14(16(19)20)12-15(17)18/h10-11,13-14H,3-9,12H2,1-2H3,(H,17,18)(H,19,20). The number of carboxylic acids is 2. The maximum absolute atomic E-state index is 11.0. The van der Waals surface area contributed by atoms with Crippen molar-refractivity contribution < 1.29 is 19.8 Å². The first kappa shape index (κ1) is 18.7. The Morgan fingerprint density at radius 3 is 2.05 bits per heavy atom. The molecular weight excluding hydrogens is 256 g/mol. The molecule has 2 atom stereocenters. The zero-order chi connectivity index (χ0) is 15.4. The fraction of sp³-hybridized carbons (Fsp3) is 0.750. The number of unbranched alkanes of at least 4 members (excludes halogenated alkanes) is 3. The molecule has 0 aromatic carbocycles. The first-order valence-corrected chi connectivity index (χ1v) is 7.64. The molecule has 20 heavy (non-hydrogen) atoms. The van der Waals surface area contributed by atoms with Crippen molar-refractivity contribution in [1.82, 2.24) is 0 Å². The van der Waals surface area contributed by atoms with Gasteiger partial charge in [-0.15, -0.1) is 0 Å². The summed E-state index contributed by atoms with van der Waals surface area (Å²) in [5, 5.41) is 17.7. The molecule has 0 radical (unpaired) electrons. The van der Waals surface area contributed by atoms with Crippen LogP contribution in [-0.4, -0.2) is 22.2 Å². The van der Waals surface area contributed by atoms with Gasteiger partial charge in [0.1, 0.15) is 0 Å². The normalized spacial score (nSPS) is 14.3. The highest BCUT2D eigenvalue weighted by molar-refractivity contribution is 5.79. The molecule has 116 valence electrons. The summed E-state index contributed by atoms with van der Waals surface area (Å²) in [6.07, 6.45) is 11.0. The number of hydrogen-bond acceptors (Lipinski definition) is 2. The van der Waals surface area contributed by atoms with Crippen LogP contribution in [0.1, 0.15) is 65.2 Å². The molecule has 0 aliphatic carbocycles. The summed E-state index contributed by atoms with van der Waals surface area (Å²) in [6, 6.07) is 0. The molecule has 2 N–H and O–H groups in total. The molecule has 0 aliphatic rings. The SMILES string of the molecule is CCCCCC(C=CC(CC(=O)O)C(=O)O)CCCC. The van der Waals surface area contributed by atoms with Gasteiger partial charge in [0, 0.05) is 0 Å². The average molecular weight is 284 g/mol. The third kappa shape index (κ3) is 9.59. The molecule has 0 spiro atoms. The highest BCUT2D eigenvalue weighted by Gasteiger charge is 2.18. The van der Waals surface area contributed by atoms with Gasteiger partial charge in [0.15, 0.2) is 0 Å². The Labute approximate surface area is 121 Å². The summed E-state index contributed by atoms with van der Waals surface area (Å²) in [4.78, 5) is 21.7. The van der Waals surface area contributed by atoms with Crippen LogP contribution < -0.4 is 0 Å². The molecule has 4 heteroatoms. The van der Waals surface area contributed by atoms with Gasteiger partial charge in [0.05, 0.1) is 12.3 Å². The number of rotatable bonds is 12. The number of allylic oxidation sites excluding steroid dienone is 1. The Morgan fingerprint density at radius 2 is 1.55 bits per heavy atom. The minimum Gasteiger partial charge on any atom is -0.481 e. The summed E-state index contributed by atoms with van der Waals surface area (Å²) in [7, 11) is 0. The largest absolute Gasteiger partial charge is 0.481 e. The van der Waals surface area contributed by atoms with Crippen LogP contribution in [0.2, 0.25) is 0 Å². The Balaban J connectivity index is 4.50. The smallest absolute Gasteiger partial charge is 0.310 e. The van der Waals surface area contributed by atoms with E-state index in [4.69, 9.17) is 10.2 Å². The minimum atomic E-state index is -1.07. The van der Waals surface area contributed by atoms with Crippen molar-refractivity contribution in [2.24, 2.45) is 11.8 Å². The van der Waals surface area contributed by atoms with Crippen LogP contribution in [0, 0.1) is 11.8 Å². The molecule has 0 saturated heterocycles. The lowest BCUT2D eigenvalue weighted by molar-refractivity contribution is -0.146. The molecule has 0 bridgehead atoms. The van der Waals surface area contributed by atoms with Crippen molar-refractivity contribution in [3.8, 4) is 0 Å². The van der Waals surface area contributed by atoms with Crippen LogP contribution in [0.4, 0.5) is 0 Å². The van der Waals surface area contributed by atoms with Gasteiger partial charge in [-0.3, -0.25) is 9.59 Å². The van der Waals surface area contributed by atoms with Crippen LogP contribution in [0.15, 0.2) is 12.2 Å². The summed E-state index contributed by atoms with van der Waals surface area (Å²) in [6.45, 7) is 4.29. The molecule has 2 unspecified atom stereocenters. The quantitative estimate of drug-likeness (QED) is 0.418. The fourth-order valence-corrected chi connectivity index (χ4v) is 2.18. The van der Waals surface area contributed by atoms with Crippen LogP contribution in [0.5, 0.6) is 0 Å². The number of carbonyl (C=O) groups is 2. The van der Waals surface area contributed by atoms with Crippen molar-refractivity contribution in [1.29, 1.82) is 0 Å². The number of aliphatic carboxylic acids is 2. The molecule has 0 fully saturated rings. The second-order valence-electron chi connectivity index (χ2n) is 5.33.